The molecule has 1 aromatic carbocycles. The van der Waals surface area contributed by atoms with Gasteiger partial charge in [0, 0.05) is 22.6 Å². The normalized spacial score (nSPS) is 10.8. The minimum absolute atomic E-state index is 0.139. The smallest absolute Gasteiger partial charge is 0.104 e. The van der Waals surface area contributed by atoms with Crippen molar-refractivity contribution in [3.05, 3.63) is 28.2 Å². The maximum atomic E-state index is 9.27. The predicted molar refractivity (Wildman–Crippen MR) is 88.8 cm³/mol. The molecule has 0 aromatic heterocycles. The van der Waals surface area contributed by atoms with E-state index in [9.17, 15) is 5.11 Å². The molecule has 3 N–H and O–H groups in total. The molecule has 3 nitrogen and oxygen atoms in total. The number of rotatable bonds is 7. The Kier molecular flexibility index (Phi) is 6.75. The van der Waals surface area contributed by atoms with Gasteiger partial charge >= 0.3 is 0 Å². The molecule has 5 heteroatoms. The highest BCUT2D eigenvalue weighted by Crippen LogP contribution is 2.30. The van der Waals surface area contributed by atoms with Crippen LogP contribution in [0.1, 0.15) is 32.3 Å². The van der Waals surface area contributed by atoms with Gasteiger partial charge in [-0.25, -0.2) is 0 Å². The third-order valence-corrected chi connectivity index (χ3v) is 4.14. The van der Waals surface area contributed by atoms with E-state index in [-0.39, 0.29) is 6.61 Å². The highest BCUT2D eigenvalue weighted by Gasteiger charge is 2.17. The van der Waals surface area contributed by atoms with Crippen molar-refractivity contribution >= 4 is 38.8 Å². The number of nitrogens with zero attached hydrogens (tertiary/aromatic N) is 1. The second-order valence-corrected chi connectivity index (χ2v) is 5.71. The zero-order valence-corrected chi connectivity index (χ0v) is 13.8. The zero-order chi connectivity index (χ0) is 14.4. The van der Waals surface area contributed by atoms with Crippen molar-refractivity contribution in [2.24, 2.45) is 5.73 Å². The number of hydrogen-bond donors (Lipinski definition) is 2. The van der Waals surface area contributed by atoms with Gasteiger partial charge in [0.1, 0.15) is 4.99 Å². The Morgan fingerprint density at radius 1 is 1.42 bits per heavy atom. The van der Waals surface area contributed by atoms with Gasteiger partial charge in [-0.05, 0) is 47.0 Å². The maximum Gasteiger partial charge on any atom is 0.104 e. The molecule has 106 valence electrons. The Morgan fingerprint density at radius 2 is 2.05 bits per heavy atom. The molecule has 0 saturated heterocycles. The fraction of sp³-hybridized carbons (Fsp3) is 0.500. The molecular formula is C14H21BrN2OS. The van der Waals surface area contributed by atoms with Crippen LogP contribution in [0.25, 0.3) is 0 Å². The Bertz CT molecular complexity index is 435. The number of aliphatic hydroxyl groups excluding tert-OH is 1. The van der Waals surface area contributed by atoms with Crippen LogP contribution in [-0.2, 0) is 0 Å². The number of benzene rings is 1. The zero-order valence-electron chi connectivity index (χ0n) is 11.4. The standard InChI is InChI=1S/C14H21BrN2OS/c1-3-11(4-2)17(7-8-18)13-6-5-10(14(16)19)9-12(13)15/h5-6,9,11,18H,3-4,7-8H2,1-2H3,(H2,16,19). The second-order valence-electron chi connectivity index (χ2n) is 4.42. The molecule has 0 heterocycles. The molecule has 1 aromatic rings. The van der Waals surface area contributed by atoms with Crippen molar-refractivity contribution in [3.63, 3.8) is 0 Å². The lowest BCUT2D eigenvalue weighted by molar-refractivity contribution is 0.296. The molecule has 0 bridgehead atoms. The molecule has 0 spiro atoms. The first kappa shape index (κ1) is 16.4. The lowest BCUT2D eigenvalue weighted by atomic mass is 10.1. The van der Waals surface area contributed by atoms with Gasteiger partial charge in [-0.15, -0.1) is 0 Å². The van der Waals surface area contributed by atoms with Crippen LogP contribution < -0.4 is 10.6 Å². The van der Waals surface area contributed by atoms with Crippen LogP contribution in [-0.4, -0.2) is 29.3 Å². The fourth-order valence-corrected chi connectivity index (χ4v) is 2.96. The number of hydrogen-bond acceptors (Lipinski definition) is 3. The summed E-state index contributed by atoms with van der Waals surface area (Å²) in [6, 6.07) is 6.28. The highest BCUT2D eigenvalue weighted by molar-refractivity contribution is 9.10. The first-order valence-electron chi connectivity index (χ1n) is 6.51. The molecular weight excluding hydrogens is 324 g/mol. The van der Waals surface area contributed by atoms with Gasteiger partial charge in [0.25, 0.3) is 0 Å². The van der Waals surface area contributed by atoms with E-state index in [1.807, 2.05) is 18.2 Å². The number of thiocarbonyl (C=S) groups is 1. The molecule has 0 aliphatic carbocycles. The van der Waals surface area contributed by atoms with Gasteiger partial charge in [-0.3, -0.25) is 0 Å². The number of nitrogens with two attached hydrogens (primary N) is 1. The summed E-state index contributed by atoms with van der Waals surface area (Å²) in [6.07, 6.45) is 2.08. The lowest BCUT2D eigenvalue weighted by Crippen LogP contribution is -2.37. The molecule has 0 fully saturated rings. The first-order chi connectivity index (χ1) is 9.04. The first-order valence-corrected chi connectivity index (χ1v) is 7.72. The van der Waals surface area contributed by atoms with Gasteiger partial charge in [0.05, 0.1) is 12.3 Å². The van der Waals surface area contributed by atoms with E-state index >= 15 is 0 Å². The minimum Gasteiger partial charge on any atom is -0.395 e. The minimum atomic E-state index is 0.139. The van der Waals surface area contributed by atoms with Crippen molar-refractivity contribution in [2.45, 2.75) is 32.7 Å². The van der Waals surface area contributed by atoms with E-state index in [1.54, 1.807) is 0 Å². The summed E-state index contributed by atoms with van der Waals surface area (Å²) in [5.74, 6) is 0. The number of anilines is 1. The third-order valence-electron chi connectivity index (χ3n) is 3.27. The van der Waals surface area contributed by atoms with Gasteiger partial charge < -0.3 is 15.7 Å². The van der Waals surface area contributed by atoms with Crippen LogP contribution >= 0.6 is 28.1 Å². The van der Waals surface area contributed by atoms with Crippen LogP contribution in [0.15, 0.2) is 22.7 Å². The van der Waals surface area contributed by atoms with E-state index in [2.05, 4.69) is 34.7 Å². The van der Waals surface area contributed by atoms with Crippen molar-refractivity contribution in [1.82, 2.24) is 0 Å². The third kappa shape index (κ3) is 4.16. The monoisotopic (exact) mass is 344 g/mol. The maximum absolute atomic E-state index is 9.27. The number of halogens is 1. The van der Waals surface area contributed by atoms with E-state index in [4.69, 9.17) is 18.0 Å². The van der Waals surface area contributed by atoms with Crippen molar-refractivity contribution in [3.8, 4) is 0 Å². The Labute approximate surface area is 128 Å². The molecule has 19 heavy (non-hydrogen) atoms. The topological polar surface area (TPSA) is 49.5 Å². The van der Waals surface area contributed by atoms with Crippen LogP contribution in [0, 0.1) is 0 Å². The second kappa shape index (κ2) is 7.82. The lowest BCUT2D eigenvalue weighted by Gasteiger charge is -2.33. The average Bonchev–Trinajstić information content (AvgIpc) is 2.39. The van der Waals surface area contributed by atoms with Crippen molar-refractivity contribution < 1.29 is 5.11 Å². The fourth-order valence-electron chi connectivity index (χ4n) is 2.23. The summed E-state index contributed by atoms with van der Waals surface area (Å²) in [5, 5.41) is 9.27. The van der Waals surface area contributed by atoms with Gasteiger partial charge in [0.2, 0.25) is 0 Å². The quantitative estimate of drug-likeness (QED) is 0.746. The molecule has 0 aliphatic rings. The van der Waals surface area contributed by atoms with Crippen LogP contribution in [0.2, 0.25) is 0 Å². The Balaban J connectivity index is 3.12. The summed E-state index contributed by atoms with van der Waals surface area (Å²) in [7, 11) is 0. The average molecular weight is 345 g/mol. The summed E-state index contributed by atoms with van der Waals surface area (Å²) in [5.41, 5.74) is 7.56. The Morgan fingerprint density at radius 3 is 2.47 bits per heavy atom. The van der Waals surface area contributed by atoms with E-state index in [0.29, 0.717) is 17.6 Å². The Hall–Kier alpha value is -0.650. The molecule has 0 aliphatic heterocycles. The molecule has 1 rings (SSSR count). The molecule has 0 unspecified atom stereocenters. The summed E-state index contributed by atoms with van der Waals surface area (Å²) in [6.45, 7) is 5.09. The predicted octanol–water partition coefficient (Wildman–Crippen LogP) is 3.07. The molecule has 0 radical (unpaired) electrons. The summed E-state index contributed by atoms with van der Waals surface area (Å²) in [4.78, 5) is 2.62. The number of aliphatic hydroxyl groups is 1. The molecule has 0 amide bonds. The SMILES string of the molecule is CCC(CC)N(CCO)c1ccc(C(N)=S)cc1Br. The van der Waals surface area contributed by atoms with Crippen LogP contribution in [0.5, 0.6) is 0 Å². The van der Waals surface area contributed by atoms with Gasteiger partial charge in [-0.2, -0.15) is 0 Å². The van der Waals surface area contributed by atoms with Gasteiger partial charge in [0.15, 0.2) is 0 Å². The van der Waals surface area contributed by atoms with Crippen molar-refractivity contribution in [1.29, 1.82) is 0 Å². The van der Waals surface area contributed by atoms with E-state index < -0.39 is 0 Å². The van der Waals surface area contributed by atoms with E-state index in [0.717, 1.165) is 28.6 Å². The van der Waals surface area contributed by atoms with E-state index in [1.165, 1.54) is 0 Å². The summed E-state index contributed by atoms with van der Waals surface area (Å²) < 4.78 is 0.957. The molecule has 0 atom stereocenters. The van der Waals surface area contributed by atoms with Crippen molar-refractivity contribution in [2.75, 3.05) is 18.1 Å². The van der Waals surface area contributed by atoms with Gasteiger partial charge in [-0.1, -0.05) is 26.1 Å². The van der Waals surface area contributed by atoms with Crippen LogP contribution in [0.3, 0.4) is 0 Å². The van der Waals surface area contributed by atoms with Crippen LogP contribution in [0.4, 0.5) is 5.69 Å². The molecule has 0 saturated carbocycles. The highest BCUT2D eigenvalue weighted by atomic mass is 79.9. The summed E-state index contributed by atoms with van der Waals surface area (Å²) >= 11 is 8.56. The largest absolute Gasteiger partial charge is 0.395 e.